The highest BCUT2D eigenvalue weighted by molar-refractivity contribution is 4.86. The second-order valence-electron chi connectivity index (χ2n) is 4.92. The highest BCUT2D eigenvalue weighted by Crippen LogP contribution is 2.22. The van der Waals surface area contributed by atoms with Crippen LogP contribution in [-0.2, 0) is 4.74 Å². The van der Waals surface area contributed by atoms with E-state index in [1.807, 2.05) is 0 Å². The highest BCUT2D eigenvalue weighted by atomic mass is 16.5. The van der Waals surface area contributed by atoms with Crippen LogP contribution in [0, 0.1) is 0 Å². The molecule has 4 nitrogen and oxygen atoms in total. The lowest BCUT2D eigenvalue weighted by atomic mass is 9.93. The average Bonchev–Trinajstić information content (AvgIpc) is 2.22. The van der Waals surface area contributed by atoms with E-state index in [1.165, 1.54) is 0 Å². The number of rotatable bonds is 2. The summed E-state index contributed by atoms with van der Waals surface area (Å²) in [6.45, 7) is 6.65. The third-order valence-corrected chi connectivity index (χ3v) is 3.54. The lowest BCUT2D eigenvalue weighted by Gasteiger charge is -2.40. The minimum atomic E-state index is -0.492. The number of aliphatic hydroxyl groups is 1. The number of piperazine rings is 1. The van der Waals surface area contributed by atoms with Gasteiger partial charge in [-0.25, -0.2) is 0 Å². The van der Waals surface area contributed by atoms with Gasteiger partial charge in [0.1, 0.15) is 0 Å². The van der Waals surface area contributed by atoms with E-state index in [0.717, 1.165) is 45.6 Å². The number of hydrogen-bond donors (Lipinski definition) is 1. The van der Waals surface area contributed by atoms with E-state index in [1.54, 1.807) is 0 Å². The standard InChI is InChI=1S/C11H22N2O2/c1-12-4-6-13(7-5-12)10-11(14)2-8-15-9-3-11/h14H,2-10H2,1H3. The molecule has 0 aromatic rings. The summed E-state index contributed by atoms with van der Waals surface area (Å²) >= 11 is 0. The summed E-state index contributed by atoms with van der Waals surface area (Å²) in [6, 6.07) is 0. The van der Waals surface area contributed by atoms with Crippen molar-refractivity contribution in [2.45, 2.75) is 18.4 Å². The molecule has 15 heavy (non-hydrogen) atoms. The fourth-order valence-electron chi connectivity index (χ4n) is 2.33. The third kappa shape index (κ3) is 3.14. The van der Waals surface area contributed by atoms with Crippen LogP contribution < -0.4 is 0 Å². The van der Waals surface area contributed by atoms with Crippen molar-refractivity contribution in [2.75, 3.05) is 53.0 Å². The van der Waals surface area contributed by atoms with Gasteiger partial charge in [-0.3, -0.25) is 4.90 Å². The molecule has 0 amide bonds. The normalized spacial score (nSPS) is 29.2. The third-order valence-electron chi connectivity index (χ3n) is 3.54. The van der Waals surface area contributed by atoms with Crippen molar-refractivity contribution in [1.82, 2.24) is 9.80 Å². The minimum Gasteiger partial charge on any atom is -0.388 e. The molecule has 4 heteroatoms. The summed E-state index contributed by atoms with van der Waals surface area (Å²) in [5, 5.41) is 10.4. The van der Waals surface area contributed by atoms with E-state index in [4.69, 9.17) is 4.74 Å². The van der Waals surface area contributed by atoms with Crippen molar-refractivity contribution in [3.8, 4) is 0 Å². The quantitative estimate of drug-likeness (QED) is 0.689. The van der Waals surface area contributed by atoms with Crippen molar-refractivity contribution in [2.24, 2.45) is 0 Å². The molecule has 0 radical (unpaired) electrons. The minimum absolute atomic E-state index is 0.492. The van der Waals surface area contributed by atoms with Crippen LogP contribution in [0.3, 0.4) is 0 Å². The van der Waals surface area contributed by atoms with E-state index >= 15 is 0 Å². The van der Waals surface area contributed by atoms with Gasteiger partial charge in [0.15, 0.2) is 0 Å². The molecule has 2 fully saturated rings. The second kappa shape index (κ2) is 4.78. The van der Waals surface area contributed by atoms with Crippen molar-refractivity contribution in [1.29, 1.82) is 0 Å². The molecule has 2 saturated heterocycles. The molecule has 2 aliphatic rings. The van der Waals surface area contributed by atoms with Gasteiger partial charge in [-0.15, -0.1) is 0 Å². The first-order chi connectivity index (χ1) is 7.18. The number of ether oxygens (including phenoxy) is 1. The van der Waals surface area contributed by atoms with Gasteiger partial charge in [0.25, 0.3) is 0 Å². The first-order valence-corrected chi connectivity index (χ1v) is 5.89. The first-order valence-electron chi connectivity index (χ1n) is 5.89. The Hall–Kier alpha value is -0.160. The second-order valence-corrected chi connectivity index (χ2v) is 4.92. The maximum atomic E-state index is 10.4. The van der Waals surface area contributed by atoms with Crippen LogP contribution in [0.25, 0.3) is 0 Å². The van der Waals surface area contributed by atoms with Crippen LogP contribution in [0.4, 0.5) is 0 Å². The predicted octanol–water partition coefficient (Wildman–Crippen LogP) is -0.225. The van der Waals surface area contributed by atoms with Gasteiger partial charge in [-0.1, -0.05) is 0 Å². The molecule has 0 spiro atoms. The number of β-amino-alcohol motifs (C(OH)–C–C–N with tert-alkyl or cyclic N) is 1. The summed E-state index contributed by atoms with van der Waals surface area (Å²) in [6.07, 6.45) is 1.58. The Kier molecular flexibility index (Phi) is 3.61. The lowest BCUT2D eigenvalue weighted by Crippen LogP contribution is -2.52. The summed E-state index contributed by atoms with van der Waals surface area (Å²) in [7, 11) is 2.15. The van der Waals surface area contributed by atoms with Crippen LogP contribution in [0.15, 0.2) is 0 Å². The molecule has 88 valence electrons. The zero-order valence-electron chi connectivity index (χ0n) is 9.61. The number of likely N-dealkylation sites (N-methyl/N-ethyl adjacent to an activating group) is 1. The molecule has 0 saturated carbocycles. The van der Waals surface area contributed by atoms with Crippen molar-refractivity contribution in [3.05, 3.63) is 0 Å². The lowest BCUT2D eigenvalue weighted by molar-refractivity contribution is -0.0834. The van der Waals surface area contributed by atoms with E-state index in [-0.39, 0.29) is 0 Å². The largest absolute Gasteiger partial charge is 0.388 e. The Labute approximate surface area is 91.8 Å². The molecule has 0 bridgehead atoms. The van der Waals surface area contributed by atoms with Crippen LogP contribution in [0.2, 0.25) is 0 Å². The topological polar surface area (TPSA) is 35.9 Å². The molecule has 2 rings (SSSR count). The van der Waals surface area contributed by atoms with Crippen molar-refractivity contribution >= 4 is 0 Å². The summed E-state index contributed by atoms with van der Waals surface area (Å²) in [5.74, 6) is 0. The fourth-order valence-corrected chi connectivity index (χ4v) is 2.33. The van der Waals surface area contributed by atoms with Gasteiger partial charge in [-0.05, 0) is 7.05 Å². The van der Waals surface area contributed by atoms with Gasteiger partial charge < -0.3 is 14.7 Å². The molecule has 1 N–H and O–H groups in total. The Bertz CT molecular complexity index is 197. The van der Waals surface area contributed by atoms with Crippen LogP contribution in [-0.4, -0.2) is 73.5 Å². The molecular weight excluding hydrogens is 192 g/mol. The molecule has 0 unspecified atom stereocenters. The van der Waals surface area contributed by atoms with Gasteiger partial charge in [0.2, 0.25) is 0 Å². The molecular formula is C11H22N2O2. The van der Waals surface area contributed by atoms with Crippen molar-refractivity contribution < 1.29 is 9.84 Å². The van der Waals surface area contributed by atoms with Crippen molar-refractivity contribution in [3.63, 3.8) is 0 Å². The van der Waals surface area contributed by atoms with Crippen LogP contribution in [0.1, 0.15) is 12.8 Å². The fraction of sp³-hybridized carbons (Fsp3) is 1.00. The summed E-state index contributed by atoms with van der Waals surface area (Å²) < 4.78 is 5.28. The van der Waals surface area contributed by atoms with Gasteiger partial charge >= 0.3 is 0 Å². The molecule has 2 heterocycles. The zero-order chi connectivity index (χ0) is 10.7. The maximum Gasteiger partial charge on any atom is 0.0817 e. The Morgan fingerprint density at radius 2 is 1.73 bits per heavy atom. The molecule has 0 atom stereocenters. The first kappa shape index (κ1) is 11.3. The summed E-state index contributed by atoms with van der Waals surface area (Å²) in [4.78, 5) is 4.72. The molecule has 2 aliphatic heterocycles. The van der Waals surface area contributed by atoms with Crippen LogP contribution >= 0.6 is 0 Å². The Balaban J connectivity index is 1.80. The Morgan fingerprint density at radius 1 is 1.13 bits per heavy atom. The van der Waals surface area contributed by atoms with E-state index in [9.17, 15) is 5.11 Å². The monoisotopic (exact) mass is 214 g/mol. The highest BCUT2D eigenvalue weighted by Gasteiger charge is 2.32. The van der Waals surface area contributed by atoms with Gasteiger partial charge in [0, 0.05) is 58.8 Å². The smallest absolute Gasteiger partial charge is 0.0817 e. The van der Waals surface area contributed by atoms with E-state index in [0.29, 0.717) is 13.2 Å². The van der Waals surface area contributed by atoms with Gasteiger partial charge in [-0.2, -0.15) is 0 Å². The van der Waals surface area contributed by atoms with E-state index < -0.39 is 5.60 Å². The van der Waals surface area contributed by atoms with E-state index in [2.05, 4.69) is 16.8 Å². The van der Waals surface area contributed by atoms with Gasteiger partial charge in [0.05, 0.1) is 5.60 Å². The maximum absolute atomic E-state index is 10.4. The number of nitrogens with zero attached hydrogens (tertiary/aromatic N) is 2. The Morgan fingerprint density at radius 3 is 2.33 bits per heavy atom. The number of hydrogen-bond acceptors (Lipinski definition) is 4. The molecule has 0 aromatic carbocycles. The zero-order valence-corrected chi connectivity index (χ0v) is 9.61. The summed E-state index contributed by atoms with van der Waals surface area (Å²) in [5.41, 5.74) is -0.492. The SMILES string of the molecule is CN1CCN(CC2(O)CCOCC2)CC1. The average molecular weight is 214 g/mol. The van der Waals surface area contributed by atoms with Crippen LogP contribution in [0.5, 0.6) is 0 Å². The molecule has 0 aromatic heterocycles. The predicted molar refractivity (Wildman–Crippen MR) is 58.9 cm³/mol. The molecule has 0 aliphatic carbocycles.